The van der Waals surface area contributed by atoms with E-state index >= 15 is 0 Å². The van der Waals surface area contributed by atoms with Crippen LogP contribution in [-0.4, -0.2) is 12.1 Å². The van der Waals surface area contributed by atoms with E-state index in [0.29, 0.717) is 12.1 Å². The van der Waals surface area contributed by atoms with Gasteiger partial charge >= 0.3 is 0 Å². The predicted molar refractivity (Wildman–Crippen MR) is 37.4 cm³/mol. The third-order valence-corrected chi connectivity index (χ3v) is 1.69. The lowest BCUT2D eigenvalue weighted by molar-refractivity contribution is -0.0574. The van der Waals surface area contributed by atoms with Gasteiger partial charge in [0.25, 0.3) is 0 Å². The normalized spacial score (nSPS) is 38.2. The summed E-state index contributed by atoms with van der Waals surface area (Å²) < 4.78 is 0. The highest BCUT2D eigenvalue weighted by molar-refractivity contribution is 5.85. The second-order valence-electron chi connectivity index (χ2n) is 2.34. The molecule has 2 aliphatic heterocycles. The van der Waals surface area contributed by atoms with Crippen molar-refractivity contribution in [2.24, 2.45) is 0 Å². The number of nitrogens with one attached hydrogen (secondary N) is 1. The first-order valence-electron chi connectivity index (χ1n) is 3.04. The Morgan fingerprint density at radius 1 is 1.33 bits per heavy atom. The van der Waals surface area contributed by atoms with Gasteiger partial charge in [-0.3, -0.25) is 4.84 Å². The minimum atomic E-state index is 0. The van der Waals surface area contributed by atoms with Crippen LogP contribution in [0.25, 0.3) is 0 Å². The van der Waals surface area contributed by atoms with Crippen molar-refractivity contribution in [2.75, 3.05) is 0 Å². The second kappa shape index (κ2) is 2.69. The Kier molecular flexibility index (Phi) is 2.11. The molecular weight excluding hydrogens is 138 g/mol. The van der Waals surface area contributed by atoms with E-state index in [1.165, 1.54) is 12.8 Å². The number of fused-ring (bicyclic) bond motifs is 2. The molecule has 52 valence electrons. The van der Waals surface area contributed by atoms with E-state index in [2.05, 4.69) is 17.6 Å². The molecule has 1 N–H and O–H groups in total. The van der Waals surface area contributed by atoms with Crippen molar-refractivity contribution in [1.29, 1.82) is 0 Å². The van der Waals surface area contributed by atoms with E-state index in [4.69, 9.17) is 4.84 Å². The van der Waals surface area contributed by atoms with Crippen molar-refractivity contribution >= 4 is 12.4 Å². The van der Waals surface area contributed by atoms with Crippen LogP contribution in [0.5, 0.6) is 0 Å². The summed E-state index contributed by atoms with van der Waals surface area (Å²) in [5, 5.41) is 0. The quantitative estimate of drug-likeness (QED) is 0.517. The number of hydrogen-bond acceptors (Lipinski definition) is 2. The van der Waals surface area contributed by atoms with Crippen LogP contribution < -0.4 is 5.48 Å². The van der Waals surface area contributed by atoms with Crippen molar-refractivity contribution in [3.63, 3.8) is 0 Å². The fourth-order valence-electron chi connectivity index (χ4n) is 1.17. The maximum Gasteiger partial charge on any atom is 0.0972 e. The lowest BCUT2D eigenvalue weighted by atomic mass is 10.00. The maximum absolute atomic E-state index is 5.14. The highest BCUT2D eigenvalue weighted by Crippen LogP contribution is 2.18. The van der Waals surface area contributed by atoms with Crippen LogP contribution in [0.1, 0.15) is 12.8 Å². The third kappa shape index (κ3) is 1.26. The topological polar surface area (TPSA) is 21.3 Å². The Labute approximate surface area is 60.6 Å². The summed E-state index contributed by atoms with van der Waals surface area (Å²) in [6.07, 6.45) is 7.09. The molecule has 1 fully saturated rings. The standard InChI is InChI=1S/C6H9NO.ClH/c1-3-6-4-2-5(1)7-8-6;/h1,3,5-7H,2,4H2;1H/t5-,6+;/m1./s1. The lowest BCUT2D eigenvalue weighted by Crippen LogP contribution is -2.41. The lowest BCUT2D eigenvalue weighted by Gasteiger charge is -2.30. The average molecular weight is 148 g/mol. The number of halogens is 1. The number of hydrogen-bond donors (Lipinski definition) is 1. The molecule has 1 saturated heterocycles. The van der Waals surface area contributed by atoms with Gasteiger partial charge in [0.15, 0.2) is 0 Å². The van der Waals surface area contributed by atoms with Gasteiger partial charge in [0.05, 0.1) is 12.1 Å². The zero-order valence-corrected chi connectivity index (χ0v) is 5.86. The molecule has 2 atom stereocenters. The molecule has 2 bridgehead atoms. The molecule has 0 radical (unpaired) electrons. The predicted octanol–water partition coefficient (Wildman–Crippen LogP) is 1.03. The van der Waals surface area contributed by atoms with Crippen LogP contribution in [0, 0.1) is 0 Å². The van der Waals surface area contributed by atoms with Crippen LogP contribution in [0.4, 0.5) is 0 Å². The van der Waals surface area contributed by atoms with Crippen molar-refractivity contribution in [3.05, 3.63) is 12.2 Å². The van der Waals surface area contributed by atoms with E-state index in [1.807, 2.05) is 0 Å². The van der Waals surface area contributed by atoms with E-state index in [0.717, 1.165) is 0 Å². The molecule has 0 spiro atoms. The van der Waals surface area contributed by atoms with E-state index in [1.54, 1.807) is 0 Å². The van der Waals surface area contributed by atoms with Crippen LogP contribution in [0.15, 0.2) is 12.2 Å². The van der Waals surface area contributed by atoms with Gasteiger partial charge in [0.2, 0.25) is 0 Å². The molecule has 0 aromatic carbocycles. The minimum absolute atomic E-state index is 0. The number of hydroxylamine groups is 1. The first kappa shape index (κ1) is 7.06. The van der Waals surface area contributed by atoms with Gasteiger partial charge in [0.1, 0.15) is 0 Å². The molecule has 0 amide bonds. The number of rotatable bonds is 0. The molecule has 0 aromatic heterocycles. The Balaban J connectivity index is 0.000000405. The fraction of sp³-hybridized carbons (Fsp3) is 0.667. The SMILES string of the molecule is C1=C[C@H]2CC[C@@H]1NO2.Cl. The molecule has 3 aliphatic rings. The first-order chi connectivity index (χ1) is 3.95. The van der Waals surface area contributed by atoms with E-state index in [-0.39, 0.29) is 12.4 Å². The van der Waals surface area contributed by atoms with E-state index < -0.39 is 0 Å². The largest absolute Gasteiger partial charge is 0.294 e. The molecule has 3 heteroatoms. The van der Waals surface area contributed by atoms with Gasteiger partial charge in [-0.25, -0.2) is 0 Å². The van der Waals surface area contributed by atoms with Crippen LogP contribution in [0.3, 0.4) is 0 Å². The van der Waals surface area contributed by atoms with Gasteiger partial charge in [0, 0.05) is 0 Å². The molecule has 3 rings (SSSR count). The Hall–Kier alpha value is -0.0500. The van der Waals surface area contributed by atoms with Gasteiger partial charge < -0.3 is 0 Å². The molecule has 1 aliphatic carbocycles. The van der Waals surface area contributed by atoms with Crippen molar-refractivity contribution in [1.82, 2.24) is 5.48 Å². The maximum atomic E-state index is 5.14. The van der Waals surface area contributed by atoms with E-state index in [9.17, 15) is 0 Å². The van der Waals surface area contributed by atoms with Crippen LogP contribution in [0.2, 0.25) is 0 Å². The summed E-state index contributed by atoms with van der Waals surface area (Å²) in [5.74, 6) is 0. The average Bonchev–Trinajstić information content (AvgIpc) is 1.92. The van der Waals surface area contributed by atoms with Crippen LogP contribution >= 0.6 is 12.4 Å². The second-order valence-corrected chi connectivity index (χ2v) is 2.34. The first-order valence-corrected chi connectivity index (χ1v) is 3.04. The minimum Gasteiger partial charge on any atom is -0.294 e. The van der Waals surface area contributed by atoms with Gasteiger partial charge in [-0.15, -0.1) is 12.4 Å². The van der Waals surface area contributed by atoms with Crippen LogP contribution in [-0.2, 0) is 4.84 Å². The van der Waals surface area contributed by atoms with Crippen molar-refractivity contribution in [3.8, 4) is 0 Å². The summed E-state index contributed by atoms with van der Waals surface area (Å²) in [5.41, 5.74) is 2.93. The smallest absolute Gasteiger partial charge is 0.0972 e. The molecular formula is C6H10ClNO. The highest BCUT2D eigenvalue weighted by Gasteiger charge is 2.22. The Morgan fingerprint density at radius 2 is 2.22 bits per heavy atom. The van der Waals surface area contributed by atoms with Gasteiger partial charge in [-0.05, 0) is 12.8 Å². The molecule has 0 saturated carbocycles. The third-order valence-electron chi connectivity index (χ3n) is 1.69. The van der Waals surface area contributed by atoms with Gasteiger partial charge in [-0.2, -0.15) is 5.48 Å². The summed E-state index contributed by atoms with van der Waals surface area (Å²) in [6.45, 7) is 0. The van der Waals surface area contributed by atoms with Crippen molar-refractivity contribution in [2.45, 2.75) is 25.0 Å². The summed E-state index contributed by atoms with van der Waals surface area (Å²) in [7, 11) is 0. The van der Waals surface area contributed by atoms with Gasteiger partial charge in [-0.1, -0.05) is 12.2 Å². The summed E-state index contributed by atoms with van der Waals surface area (Å²) in [4.78, 5) is 5.14. The fourth-order valence-corrected chi connectivity index (χ4v) is 1.17. The zero-order valence-electron chi connectivity index (χ0n) is 5.04. The highest BCUT2D eigenvalue weighted by atomic mass is 35.5. The Morgan fingerprint density at radius 3 is 2.33 bits per heavy atom. The summed E-state index contributed by atoms with van der Waals surface area (Å²) in [6, 6.07) is 0.500. The summed E-state index contributed by atoms with van der Waals surface area (Å²) >= 11 is 0. The zero-order chi connectivity index (χ0) is 5.40. The molecule has 9 heavy (non-hydrogen) atoms. The molecule has 2 nitrogen and oxygen atoms in total. The Bertz CT molecular complexity index is 104. The molecule has 2 heterocycles. The molecule has 0 aromatic rings. The molecule has 0 unspecified atom stereocenters. The monoisotopic (exact) mass is 147 g/mol. The van der Waals surface area contributed by atoms with Crippen molar-refractivity contribution < 1.29 is 4.84 Å².